The Morgan fingerprint density at radius 2 is 2.12 bits per heavy atom. The van der Waals surface area contributed by atoms with E-state index in [1.165, 1.54) is 29.2 Å². The van der Waals surface area contributed by atoms with Crippen molar-refractivity contribution < 1.29 is 13.9 Å². The average Bonchev–Trinajstić information content (AvgIpc) is 2.31. The number of hydrogen-bond acceptors (Lipinski definition) is 3. The second kappa shape index (κ2) is 4.19. The quantitative estimate of drug-likeness (QED) is 0.726. The number of ether oxygens (including phenoxy) is 1. The van der Waals surface area contributed by atoms with Crippen molar-refractivity contribution in [1.82, 2.24) is 0 Å². The second-order valence-electron chi connectivity index (χ2n) is 3.49. The molecule has 0 aromatic heterocycles. The summed E-state index contributed by atoms with van der Waals surface area (Å²) in [5, 5.41) is 8.76. The molecule has 2 rings (SSSR count). The van der Waals surface area contributed by atoms with Crippen LogP contribution in [0.3, 0.4) is 0 Å². The van der Waals surface area contributed by atoms with E-state index in [0.717, 1.165) is 0 Å². The lowest BCUT2D eigenvalue weighted by atomic mass is 10.1. The van der Waals surface area contributed by atoms with Gasteiger partial charge < -0.3 is 4.74 Å². The lowest BCUT2D eigenvalue weighted by Gasteiger charge is -2.29. The van der Waals surface area contributed by atoms with Gasteiger partial charge in [0.05, 0.1) is 12.0 Å². The monoisotopic (exact) mass is 220 g/mol. The molecule has 1 heterocycles. The Labute approximate surface area is 91.8 Å². The molecule has 1 aliphatic heterocycles. The fraction of sp³-hybridized carbons (Fsp3) is 0.273. The number of nitriles is 1. The maximum absolute atomic E-state index is 12.7. The van der Waals surface area contributed by atoms with E-state index < -0.39 is 6.09 Å². The van der Waals surface area contributed by atoms with Crippen LogP contribution in [0, 0.1) is 23.1 Å². The number of cyclic esters (lactones) is 1. The Morgan fingerprint density at radius 3 is 2.75 bits per heavy atom. The summed E-state index contributed by atoms with van der Waals surface area (Å²) in [5.74, 6) is -0.714. The number of nitrogens with zero attached hydrogens (tertiary/aromatic N) is 2. The third-order valence-electron chi connectivity index (χ3n) is 2.35. The Morgan fingerprint density at radius 1 is 1.44 bits per heavy atom. The van der Waals surface area contributed by atoms with Crippen molar-refractivity contribution in [1.29, 1.82) is 5.26 Å². The molecule has 1 aromatic rings. The number of benzene rings is 1. The van der Waals surface area contributed by atoms with Crippen LogP contribution < -0.4 is 4.90 Å². The van der Waals surface area contributed by atoms with E-state index >= 15 is 0 Å². The number of halogens is 1. The first-order valence-corrected chi connectivity index (χ1v) is 4.80. The summed E-state index contributed by atoms with van der Waals surface area (Å²) in [4.78, 5) is 12.8. The van der Waals surface area contributed by atoms with Gasteiger partial charge in [-0.05, 0) is 24.3 Å². The van der Waals surface area contributed by atoms with Crippen LogP contribution >= 0.6 is 0 Å². The third-order valence-corrected chi connectivity index (χ3v) is 2.35. The summed E-state index contributed by atoms with van der Waals surface area (Å²) in [6.45, 7) is 0.397. The Bertz CT molecular complexity index is 438. The van der Waals surface area contributed by atoms with Crippen molar-refractivity contribution in [3.05, 3.63) is 30.1 Å². The molecule has 1 atom stereocenters. The zero-order valence-corrected chi connectivity index (χ0v) is 8.39. The predicted molar refractivity (Wildman–Crippen MR) is 54.2 cm³/mol. The molecule has 1 amide bonds. The van der Waals surface area contributed by atoms with Gasteiger partial charge in [-0.15, -0.1) is 0 Å². The first kappa shape index (κ1) is 10.4. The van der Waals surface area contributed by atoms with Crippen molar-refractivity contribution in [3.8, 4) is 6.07 Å². The molecule has 0 aliphatic carbocycles. The minimum Gasteiger partial charge on any atom is -0.448 e. The summed E-state index contributed by atoms with van der Waals surface area (Å²) in [7, 11) is 0. The van der Waals surface area contributed by atoms with Gasteiger partial charge in [0.2, 0.25) is 0 Å². The van der Waals surface area contributed by atoms with Crippen LogP contribution in [0.15, 0.2) is 24.3 Å². The Kier molecular flexibility index (Phi) is 2.73. The van der Waals surface area contributed by atoms with Crippen molar-refractivity contribution in [2.75, 3.05) is 18.1 Å². The smallest absolute Gasteiger partial charge is 0.414 e. The molecule has 16 heavy (non-hydrogen) atoms. The number of hydrogen-bond donors (Lipinski definition) is 0. The Hall–Kier alpha value is -2.09. The van der Waals surface area contributed by atoms with Gasteiger partial charge in [-0.2, -0.15) is 5.26 Å². The van der Waals surface area contributed by atoms with Crippen LogP contribution in [0.2, 0.25) is 0 Å². The minimum absolute atomic E-state index is 0.118. The fourth-order valence-electron chi connectivity index (χ4n) is 1.51. The van der Waals surface area contributed by atoms with Crippen molar-refractivity contribution in [2.24, 2.45) is 5.92 Å². The minimum atomic E-state index is -0.502. The normalized spacial score (nSPS) is 20.1. The van der Waals surface area contributed by atoms with Gasteiger partial charge in [-0.25, -0.2) is 9.18 Å². The molecule has 4 nitrogen and oxygen atoms in total. The molecule has 82 valence electrons. The van der Waals surface area contributed by atoms with Crippen LogP contribution in [0.25, 0.3) is 0 Å². The van der Waals surface area contributed by atoms with E-state index in [1.54, 1.807) is 0 Å². The topological polar surface area (TPSA) is 53.3 Å². The molecule has 0 spiro atoms. The van der Waals surface area contributed by atoms with Crippen LogP contribution in [0.4, 0.5) is 14.9 Å². The molecular formula is C11H9FN2O2. The molecule has 0 N–H and O–H groups in total. The van der Waals surface area contributed by atoms with Crippen molar-refractivity contribution in [2.45, 2.75) is 0 Å². The van der Waals surface area contributed by atoms with E-state index in [0.29, 0.717) is 5.69 Å². The molecule has 1 saturated heterocycles. The first-order chi connectivity index (χ1) is 7.70. The van der Waals surface area contributed by atoms with E-state index in [-0.39, 0.29) is 24.9 Å². The highest BCUT2D eigenvalue weighted by molar-refractivity contribution is 5.88. The van der Waals surface area contributed by atoms with E-state index in [1.807, 2.05) is 6.07 Å². The van der Waals surface area contributed by atoms with Gasteiger partial charge >= 0.3 is 6.09 Å². The van der Waals surface area contributed by atoms with Crippen LogP contribution in [0.5, 0.6) is 0 Å². The molecule has 0 radical (unpaired) electrons. The summed E-state index contributed by atoms with van der Waals surface area (Å²) in [5.41, 5.74) is 0.534. The fourth-order valence-corrected chi connectivity index (χ4v) is 1.51. The Balaban J connectivity index is 2.22. The third kappa shape index (κ3) is 1.96. The van der Waals surface area contributed by atoms with Gasteiger partial charge in [0.25, 0.3) is 0 Å². The lowest BCUT2D eigenvalue weighted by molar-refractivity contribution is 0.127. The van der Waals surface area contributed by atoms with Crippen LogP contribution in [0.1, 0.15) is 0 Å². The molecule has 0 bridgehead atoms. The summed E-state index contributed by atoms with van der Waals surface area (Å²) >= 11 is 0. The van der Waals surface area contributed by atoms with Gasteiger partial charge in [-0.1, -0.05) is 0 Å². The van der Waals surface area contributed by atoms with Gasteiger partial charge in [0.1, 0.15) is 12.4 Å². The highest BCUT2D eigenvalue weighted by atomic mass is 19.1. The van der Waals surface area contributed by atoms with E-state index in [2.05, 4.69) is 0 Å². The molecule has 1 aliphatic rings. The average molecular weight is 220 g/mol. The maximum Gasteiger partial charge on any atom is 0.414 e. The molecule has 0 saturated carbocycles. The molecule has 5 heteroatoms. The predicted octanol–water partition coefficient (Wildman–Crippen LogP) is 1.92. The number of carbonyl (C=O) groups excluding carboxylic acids is 1. The van der Waals surface area contributed by atoms with E-state index in [9.17, 15) is 9.18 Å². The number of rotatable bonds is 1. The molecule has 1 unspecified atom stereocenters. The standard InChI is InChI=1S/C11H9FN2O2/c12-9-1-3-10(4-2-9)14-6-8(5-13)7-16-11(14)15/h1-4,8H,6-7H2. The summed E-state index contributed by atoms with van der Waals surface area (Å²) in [6.07, 6.45) is -0.502. The second-order valence-corrected chi connectivity index (χ2v) is 3.49. The molecule has 1 aromatic carbocycles. The van der Waals surface area contributed by atoms with Gasteiger partial charge in [-0.3, -0.25) is 4.90 Å². The highest BCUT2D eigenvalue weighted by Crippen LogP contribution is 2.20. The number of anilines is 1. The first-order valence-electron chi connectivity index (χ1n) is 4.80. The zero-order valence-electron chi connectivity index (χ0n) is 8.39. The maximum atomic E-state index is 12.7. The van der Waals surface area contributed by atoms with Crippen molar-refractivity contribution in [3.63, 3.8) is 0 Å². The number of carbonyl (C=O) groups is 1. The van der Waals surface area contributed by atoms with Crippen LogP contribution in [-0.2, 0) is 4.74 Å². The molecular weight excluding hydrogens is 211 g/mol. The van der Waals surface area contributed by atoms with Crippen LogP contribution in [-0.4, -0.2) is 19.2 Å². The lowest BCUT2D eigenvalue weighted by Crippen LogP contribution is -2.42. The zero-order chi connectivity index (χ0) is 11.5. The van der Waals surface area contributed by atoms with Gasteiger partial charge in [0, 0.05) is 12.2 Å². The highest BCUT2D eigenvalue weighted by Gasteiger charge is 2.28. The SMILES string of the molecule is N#CC1COC(=O)N(c2ccc(F)cc2)C1. The van der Waals surface area contributed by atoms with Crippen molar-refractivity contribution >= 4 is 11.8 Å². The summed E-state index contributed by atoms with van der Waals surface area (Å²) in [6, 6.07) is 7.53. The summed E-state index contributed by atoms with van der Waals surface area (Å²) < 4.78 is 17.6. The largest absolute Gasteiger partial charge is 0.448 e. The van der Waals surface area contributed by atoms with Gasteiger partial charge in [0.15, 0.2) is 0 Å². The molecule has 1 fully saturated rings. The van der Waals surface area contributed by atoms with E-state index in [4.69, 9.17) is 10.00 Å². The number of amides is 1.